The Morgan fingerprint density at radius 3 is 2.75 bits per heavy atom. The zero-order chi connectivity index (χ0) is 19.3. The van der Waals surface area contributed by atoms with Crippen LogP contribution in [0, 0.1) is 0 Å². The molecule has 0 unspecified atom stereocenters. The van der Waals surface area contributed by atoms with E-state index in [1.54, 1.807) is 13.3 Å². The van der Waals surface area contributed by atoms with Gasteiger partial charge in [0.2, 0.25) is 5.91 Å². The van der Waals surface area contributed by atoms with E-state index in [0.717, 1.165) is 41.2 Å². The first-order valence-corrected chi connectivity index (χ1v) is 9.97. The number of methoxy groups -OCH3 is 1. The molecule has 2 fully saturated rings. The number of rotatable bonds is 5. The first-order chi connectivity index (χ1) is 13.7. The second-order valence-corrected chi connectivity index (χ2v) is 7.47. The Kier molecular flexibility index (Phi) is 5.60. The lowest BCUT2D eigenvalue weighted by Crippen LogP contribution is -2.35. The van der Waals surface area contributed by atoms with E-state index >= 15 is 0 Å². The van der Waals surface area contributed by atoms with Gasteiger partial charge in [0.1, 0.15) is 0 Å². The fraction of sp³-hybridized carbons (Fsp3) is 0.391. The Hall–Kier alpha value is -2.82. The molecule has 0 spiro atoms. The van der Waals surface area contributed by atoms with Gasteiger partial charge in [-0.05, 0) is 68.0 Å². The van der Waals surface area contributed by atoms with Crippen LogP contribution in [0.5, 0.6) is 11.5 Å². The van der Waals surface area contributed by atoms with E-state index in [2.05, 4.69) is 22.4 Å². The highest BCUT2D eigenvalue weighted by molar-refractivity contribution is 5.98. The van der Waals surface area contributed by atoms with Crippen molar-refractivity contribution < 1.29 is 14.3 Å². The van der Waals surface area contributed by atoms with Gasteiger partial charge in [-0.1, -0.05) is 12.1 Å². The maximum atomic E-state index is 12.3. The molecule has 2 aromatic rings. The number of piperidine rings is 1. The van der Waals surface area contributed by atoms with Gasteiger partial charge in [0.25, 0.3) is 0 Å². The molecular weight excluding hydrogens is 352 g/mol. The zero-order valence-electron chi connectivity index (χ0n) is 16.2. The van der Waals surface area contributed by atoms with E-state index in [9.17, 15) is 4.79 Å². The molecule has 0 bridgehead atoms. The van der Waals surface area contributed by atoms with Crippen LogP contribution in [0.25, 0.3) is 6.08 Å². The zero-order valence-corrected chi connectivity index (χ0v) is 16.2. The lowest BCUT2D eigenvalue weighted by Gasteiger charge is -2.26. The van der Waals surface area contributed by atoms with Crippen LogP contribution in [0.2, 0.25) is 0 Å². The molecule has 1 saturated carbocycles. The summed E-state index contributed by atoms with van der Waals surface area (Å²) in [4.78, 5) is 16.6. The summed E-state index contributed by atoms with van der Waals surface area (Å²) in [5.41, 5.74) is 2.71. The molecule has 1 N–H and O–H groups in total. The van der Waals surface area contributed by atoms with Gasteiger partial charge in [-0.2, -0.15) is 0 Å². The Balaban J connectivity index is 1.56. The maximum absolute atomic E-state index is 12.3. The summed E-state index contributed by atoms with van der Waals surface area (Å²) in [6, 6.07) is 11.8. The van der Waals surface area contributed by atoms with Crippen LogP contribution in [-0.2, 0) is 4.79 Å². The van der Waals surface area contributed by atoms with Gasteiger partial charge in [0.15, 0.2) is 11.5 Å². The average Bonchev–Trinajstić information content (AvgIpc) is 3.23. The number of nitrogens with zero attached hydrogens (tertiary/aromatic N) is 1. The number of aromatic nitrogens is 1. The van der Waals surface area contributed by atoms with Gasteiger partial charge in [0, 0.05) is 24.2 Å². The molecule has 2 heterocycles. The molecule has 1 aliphatic carbocycles. The van der Waals surface area contributed by atoms with Crippen molar-refractivity contribution in [1.82, 2.24) is 10.3 Å². The average molecular weight is 378 g/mol. The minimum Gasteiger partial charge on any atom is -0.493 e. The van der Waals surface area contributed by atoms with E-state index in [-0.39, 0.29) is 17.9 Å². The fourth-order valence-corrected chi connectivity index (χ4v) is 3.98. The molecule has 0 radical (unpaired) electrons. The van der Waals surface area contributed by atoms with Gasteiger partial charge >= 0.3 is 0 Å². The molecule has 1 saturated heterocycles. The van der Waals surface area contributed by atoms with Gasteiger partial charge < -0.3 is 14.8 Å². The van der Waals surface area contributed by atoms with E-state index in [1.807, 2.05) is 30.3 Å². The summed E-state index contributed by atoms with van der Waals surface area (Å²) in [6.07, 6.45) is 9.22. The molecule has 28 heavy (non-hydrogen) atoms. The number of nitrogens with one attached hydrogen (secondary N) is 1. The van der Waals surface area contributed by atoms with Crippen LogP contribution in [0.15, 0.2) is 48.2 Å². The Morgan fingerprint density at radius 2 is 2.00 bits per heavy atom. The summed E-state index contributed by atoms with van der Waals surface area (Å²) in [6.45, 7) is 0.619. The third kappa shape index (κ3) is 4.19. The highest BCUT2D eigenvalue weighted by Gasteiger charge is 2.26. The topological polar surface area (TPSA) is 60.5 Å². The van der Waals surface area contributed by atoms with Crippen molar-refractivity contribution in [2.45, 2.75) is 44.1 Å². The summed E-state index contributed by atoms with van der Waals surface area (Å²) in [7, 11) is 1.67. The van der Waals surface area contributed by atoms with Crippen LogP contribution in [-0.4, -0.2) is 30.6 Å². The number of pyridine rings is 1. The summed E-state index contributed by atoms with van der Waals surface area (Å²) in [5.74, 6) is 1.75. The highest BCUT2D eigenvalue weighted by atomic mass is 16.5. The van der Waals surface area contributed by atoms with Gasteiger partial charge in [-0.3, -0.25) is 9.78 Å². The quantitative estimate of drug-likeness (QED) is 0.796. The monoisotopic (exact) mass is 378 g/mol. The van der Waals surface area contributed by atoms with Crippen molar-refractivity contribution in [3.8, 4) is 11.5 Å². The summed E-state index contributed by atoms with van der Waals surface area (Å²) >= 11 is 0. The van der Waals surface area contributed by atoms with Crippen molar-refractivity contribution in [2.75, 3.05) is 13.7 Å². The third-order valence-electron chi connectivity index (χ3n) is 5.53. The van der Waals surface area contributed by atoms with Crippen molar-refractivity contribution >= 4 is 12.0 Å². The molecule has 1 aromatic heterocycles. The summed E-state index contributed by atoms with van der Waals surface area (Å²) in [5, 5.41) is 3.02. The van der Waals surface area contributed by atoms with Crippen molar-refractivity contribution in [3.63, 3.8) is 0 Å². The van der Waals surface area contributed by atoms with Gasteiger partial charge in [-0.15, -0.1) is 0 Å². The largest absolute Gasteiger partial charge is 0.493 e. The number of hydrogen-bond donors (Lipinski definition) is 1. The second-order valence-electron chi connectivity index (χ2n) is 7.47. The number of hydrogen-bond acceptors (Lipinski definition) is 4. The van der Waals surface area contributed by atoms with Gasteiger partial charge in [-0.25, -0.2) is 0 Å². The predicted octanol–water partition coefficient (Wildman–Crippen LogP) is 4.10. The number of benzene rings is 1. The van der Waals surface area contributed by atoms with Gasteiger partial charge in [0.05, 0.1) is 18.9 Å². The van der Waals surface area contributed by atoms with Crippen LogP contribution in [0.1, 0.15) is 49.3 Å². The van der Waals surface area contributed by atoms with Crippen LogP contribution in [0.4, 0.5) is 0 Å². The lowest BCUT2D eigenvalue weighted by molar-refractivity contribution is -0.118. The normalized spacial score (nSPS) is 21.5. The van der Waals surface area contributed by atoms with E-state index in [4.69, 9.17) is 9.47 Å². The van der Waals surface area contributed by atoms with E-state index < -0.39 is 0 Å². The first kappa shape index (κ1) is 18.5. The molecule has 4 rings (SSSR count). The van der Waals surface area contributed by atoms with Crippen LogP contribution < -0.4 is 14.8 Å². The highest BCUT2D eigenvalue weighted by Crippen LogP contribution is 2.36. The number of ether oxygens (including phenoxy) is 2. The molecule has 146 valence electrons. The molecular formula is C23H26N2O3. The molecule has 2 aliphatic rings. The first-order valence-electron chi connectivity index (χ1n) is 9.97. The fourth-order valence-electron chi connectivity index (χ4n) is 3.98. The van der Waals surface area contributed by atoms with Crippen molar-refractivity contribution in [1.29, 1.82) is 0 Å². The lowest BCUT2D eigenvalue weighted by atomic mass is 9.88. The molecule has 5 nitrogen and oxygen atoms in total. The Morgan fingerprint density at radius 1 is 1.14 bits per heavy atom. The standard InChI is InChI=1S/C23H26N2O3/c1-27-21-10-9-16(14-22(21)28-20-7-2-3-8-20)18-12-17(23(26)25-15-18)13-19-6-4-5-11-24-19/h4-6,9-11,13-14,18,20H,2-3,7-8,12,15H2,1H3,(H,25,26)/b17-13+/t18-/m1/s1. The SMILES string of the molecule is COc1ccc([C@H]2CNC(=O)/C(=C/c3ccccn3)C2)cc1OC1CCCC1. The summed E-state index contributed by atoms with van der Waals surface area (Å²) < 4.78 is 11.7. The molecule has 1 aromatic carbocycles. The Bertz CT molecular complexity index is 857. The maximum Gasteiger partial charge on any atom is 0.247 e. The molecule has 1 amide bonds. The number of carbonyl (C=O) groups excluding carboxylic acids is 1. The minimum atomic E-state index is -0.0159. The molecule has 1 aliphatic heterocycles. The smallest absolute Gasteiger partial charge is 0.247 e. The Labute approximate surface area is 165 Å². The van der Waals surface area contributed by atoms with E-state index in [0.29, 0.717) is 13.0 Å². The van der Waals surface area contributed by atoms with Crippen LogP contribution >= 0.6 is 0 Å². The van der Waals surface area contributed by atoms with Crippen molar-refractivity contribution in [2.24, 2.45) is 0 Å². The molecule has 5 heteroatoms. The van der Waals surface area contributed by atoms with E-state index in [1.165, 1.54) is 12.8 Å². The molecule has 1 atom stereocenters. The second kappa shape index (κ2) is 8.46. The third-order valence-corrected chi connectivity index (χ3v) is 5.53. The predicted molar refractivity (Wildman–Crippen MR) is 108 cm³/mol. The number of amides is 1. The van der Waals surface area contributed by atoms with Crippen LogP contribution in [0.3, 0.4) is 0 Å². The minimum absolute atomic E-state index is 0.0159. The number of carbonyl (C=O) groups is 1. The van der Waals surface area contributed by atoms with Crippen molar-refractivity contribution in [3.05, 3.63) is 59.4 Å².